The minimum absolute atomic E-state index is 0.608. The van der Waals surface area contributed by atoms with Crippen LogP contribution in [0.2, 0.25) is 0 Å². The maximum Gasteiger partial charge on any atom is 0.165 e. The number of nitrogen functional groups attached to an aromatic ring is 2. The first-order valence-corrected chi connectivity index (χ1v) is 13.2. The Hall–Kier alpha value is -3.65. The average molecular weight is 486 g/mol. The third-order valence-electron chi connectivity index (χ3n) is 6.33. The van der Waals surface area contributed by atoms with Crippen LogP contribution in [0.15, 0.2) is 66.7 Å². The molecule has 0 saturated carbocycles. The van der Waals surface area contributed by atoms with Crippen molar-refractivity contribution in [3.8, 4) is 28.7 Å². The summed E-state index contributed by atoms with van der Waals surface area (Å²) in [4.78, 5) is 0. The van der Waals surface area contributed by atoms with Crippen LogP contribution in [0.25, 0.3) is 11.1 Å². The van der Waals surface area contributed by atoms with E-state index in [1.54, 1.807) is 0 Å². The standard InChI is InChI=1S/C31H39N3O2/c32-24-25-14-16-26(17-15-25)27-18-20-28(21-19-27)35-22-9-7-5-3-1-2-4-6-8-10-23-36-31-29(33)12-11-13-30(31)34/h11-21H,1-10,22-23,33-34H2. The molecule has 4 N–H and O–H groups in total. The first-order valence-electron chi connectivity index (χ1n) is 13.2. The van der Waals surface area contributed by atoms with Crippen LogP contribution in [-0.4, -0.2) is 13.2 Å². The van der Waals surface area contributed by atoms with E-state index in [0.717, 1.165) is 36.3 Å². The zero-order chi connectivity index (χ0) is 25.4. The molecule has 0 radical (unpaired) electrons. The van der Waals surface area contributed by atoms with Gasteiger partial charge in [0.05, 0.1) is 36.2 Å². The molecule has 0 aromatic heterocycles. The highest BCUT2D eigenvalue weighted by Crippen LogP contribution is 2.28. The summed E-state index contributed by atoms with van der Waals surface area (Å²) in [6.07, 6.45) is 12.2. The molecule has 0 heterocycles. The number of nitriles is 1. The maximum absolute atomic E-state index is 8.92. The lowest BCUT2D eigenvalue weighted by Gasteiger charge is -2.11. The number of hydrogen-bond donors (Lipinski definition) is 2. The zero-order valence-electron chi connectivity index (χ0n) is 21.3. The van der Waals surface area contributed by atoms with E-state index in [2.05, 4.69) is 18.2 Å². The topological polar surface area (TPSA) is 94.3 Å². The molecule has 3 aromatic carbocycles. The quantitative estimate of drug-likeness (QED) is 0.160. The molecule has 5 heteroatoms. The van der Waals surface area contributed by atoms with Gasteiger partial charge >= 0.3 is 0 Å². The summed E-state index contributed by atoms with van der Waals surface area (Å²) in [5, 5.41) is 8.92. The summed E-state index contributed by atoms with van der Waals surface area (Å²) in [5.74, 6) is 1.54. The van der Waals surface area contributed by atoms with Gasteiger partial charge < -0.3 is 20.9 Å². The summed E-state index contributed by atoms with van der Waals surface area (Å²) >= 11 is 0. The summed E-state index contributed by atoms with van der Waals surface area (Å²) in [6, 6.07) is 23.4. The molecule has 3 aromatic rings. The van der Waals surface area contributed by atoms with Gasteiger partial charge in [0.2, 0.25) is 0 Å². The predicted molar refractivity (Wildman–Crippen MR) is 149 cm³/mol. The normalized spacial score (nSPS) is 10.6. The van der Waals surface area contributed by atoms with Crippen molar-refractivity contribution in [1.82, 2.24) is 0 Å². The Kier molecular flexibility index (Phi) is 11.5. The van der Waals surface area contributed by atoms with Gasteiger partial charge in [-0.1, -0.05) is 81.7 Å². The number of hydrogen-bond acceptors (Lipinski definition) is 5. The largest absolute Gasteiger partial charge is 0.494 e. The Balaban J connectivity index is 1.13. The molecule has 0 aliphatic heterocycles. The number of para-hydroxylation sites is 1. The Morgan fingerprint density at radius 2 is 1.00 bits per heavy atom. The van der Waals surface area contributed by atoms with Crippen molar-refractivity contribution in [2.75, 3.05) is 24.7 Å². The monoisotopic (exact) mass is 485 g/mol. The second-order valence-corrected chi connectivity index (χ2v) is 9.21. The molecular formula is C31H39N3O2. The van der Waals surface area contributed by atoms with Crippen LogP contribution in [0.3, 0.4) is 0 Å². The second kappa shape index (κ2) is 15.4. The van der Waals surface area contributed by atoms with Gasteiger partial charge in [-0.05, 0) is 60.4 Å². The average Bonchev–Trinajstić information content (AvgIpc) is 2.90. The van der Waals surface area contributed by atoms with E-state index < -0.39 is 0 Å². The first kappa shape index (κ1) is 26.9. The minimum atomic E-state index is 0.608. The van der Waals surface area contributed by atoms with Crippen LogP contribution < -0.4 is 20.9 Å². The molecule has 190 valence electrons. The molecule has 5 nitrogen and oxygen atoms in total. The molecule has 0 aliphatic rings. The molecule has 36 heavy (non-hydrogen) atoms. The highest BCUT2D eigenvalue weighted by molar-refractivity contribution is 5.67. The number of benzene rings is 3. The highest BCUT2D eigenvalue weighted by atomic mass is 16.5. The van der Waals surface area contributed by atoms with Crippen LogP contribution in [0, 0.1) is 11.3 Å². The van der Waals surface area contributed by atoms with E-state index in [-0.39, 0.29) is 0 Å². The van der Waals surface area contributed by atoms with Gasteiger partial charge in [-0.2, -0.15) is 5.26 Å². The Morgan fingerprint density at radius 1 is 0.556 bits per heavy atom. The molecule has 0 spiro atoms. The summed E-state index contributed by atoms with van der Waals surface area (Å²) in [6.45, 7) is 1.43. The lowest BCUT2D eigenvalue weighted by Crippen LogP contribution is -2.03. The number of unbranched alkanes of at least 4 members (excludes halogenated alkanes) is 9. The van der Waals surface area contributed by atoms with E-state index in [4.69, 9.17) is 26.2 Å². The Morgan fingerprint density at radius 3 is 1.50 bits per heavy atom. The van der Waals surface area contributed by atoms with Crippen LogP contribution in [0.5, 0.6) is 11.5 Å². The van der Waals surface area contributed by atoms with Gasteiger partial charge in [0, 0.05) is 0 Å². The van der Waals surface area contributed by atoms with Gasteiger partial charge in [-0.25, -0.2) is 0 Å². The Bertz CT molecular complexity index is 1050. The van der Waals surface area contributed by atoms with Crippen molar-refractivity contribution in [2.24, 2.45) is 0 Å². The number of nitrogens with zero attached hydrogens (tertiary/aromatic N) is 1. The Labute approximate surface area is 216 Å². The molecule has 0 atom stereocenters. The van der Waals surface area contributed by atoms with Gasteiger partial charge in [-0.15, -0.1) is 0 Å². The van der Waals surface area contributed by atoms with E-state index in [9.17, 15) is 0 Å². The lowest BCUT2D eigenvalue weighted by molar-refractivity contribution is 0.303. The van der Waals surface area contributed by atoms with Crippen molar-refractivity contribution in [3.63, 3.8) is 0 Å². The van der Waals surface area contributed by atoms with Gasteiger partial charge in [0.1, 0.15) is 5.75 Å². The number of nitrogens with two attached hydrogens (primary N) is 2. The maximum atomic E-state index is 8.92. The van der Waals surface area contributed by atoms with Crippen molar-refractivity contribution in [3.05, 3.63) is 72.3 Å². The minimum Gasteiger partial charge on any atom is -0.494 e. The van der Waals surface area contributed by atoms with Gasteiger partial charge in [0.15, 0.2) is 5.75 Å². The van der Waals surface area contributed by atoms with Crippen LogP contribution in [0.1, 0.15) is 69.8 Å². The first-order chi connectivity index (χ1) is 17.7. The van der Waals surface area contributed by atoms with E-state index >= 15 is 0 Å². The third-order valence-corrected chi connectivity index (χ3v) is 6.33. The van der Waals surface area contributed by atoms with E-state index in [0.29, 0.717) is 29.3 Å². The molecule has 0 bridgehead atoms. The molecule has 0 amide bonds. The SMILES string of the molecule is N#Cc1ccc(-c2ccc(OCCCCCCCCCCCCOc3c(N)cccc3N)cc2)cc1. The fourth-order valence-electron chi connectivity index (χ4n) is 4.20. The summed E-state index contributed by atoms with van der Waals surface area (Å²) < 4.78 is 11.6. The van der Waals surface area contributed by atoms with Crippen molar-refractivity contribution in [1.29, 1.82) is 5.26 Å². The predicted octanol–water partition coefficient (Wildman–Crippen LogP) is 7.75. The summed E-state index contributed by atoms with van der Waals surface area (Å²) in [5.41, 5.74) is 15.9. The fraction of sp³-hybridized carbons (Fsp3) is 0.387. The summed E-state index contributed by atoms with van der Waals surface area (Å²) in [7, 11) is 0. The van der Waals surface area contributed by atoms with Gasteiger partial charge in [-0.3, -0.25) is 0 Å². The lowest BCUT2D eigenvalue weighted by atomic mass is 10.0. The smallest absolute Gasteiger partial charge is 0.165 e. The van der Waals surface area contributed by atoms with Crippen LogP contribution in [0.4, 0.5) is 11.4 Å². The third kappa shape index (κ3) is 9.19. The van der Waals surface area contributed by atoms with Crippen molar-refractivity contribution in [2.45, 2.75) is 64.2 Å². The van der Waals surface area contributed by atoms with Gasteiger partial charge in [0.25, 0.3) is 0 Å². The molecule has 0 unspecified atom stereocenters. The van der Waals surface area contributed by atoms with E-state index in [1.165, 1.54) is 51.4 Å². The molecular weight excluding hydrogens is 446 g/mol. The highest BCUT2D eigenvalue weighted by Gasteiger charge is 2.04. The fourth-order valence-corrected chi connectivity index (χ4v) is 4.20. The van der Waals surface area contributed by atoms with Crippen LogP contribution in [-0.2, 0) is 0 Å². The molecule has 3 rings (SSSR count). The number of rotatable bonds is 16. The van der Waals surface area contributed by atoms with E-state index in [1.807, 2.05) is 54.6 Å². The zero-order valence-corrected chi connectivity index (χ0v) is 21.3. The second-order valence-electron chi connectivity index (χ2n) is 9.21. The number of anilines is 2. The van der Waals surface area contributed by atoms with Crippen molar-refractivity contribution < 1.29 is 9.47 Å². The molecule has 0 aliphatic carbocycles. The molecule has 0 fully saturated rings. The number of ether oxygens (including phenoxy) is 2. The molecule has 0 saturated heterocycles. The van der Waals surface area contributed by atoms with Crippen LogP contribution >= 0.6 is 0 Å². The van der Waals surface area contributed by atoms with Crippen molar-refractivity contribution >= 4 is 11.4 Å².